The minimum atomic E-state index is 0.221. The first-order valence-electron chi connectivity index (χ1n) is 7.29. The molecule has 3 unspecified atom stereocenters. The van der Waals surface area contributed by atoms with Crippen molar-refractivity contribution >= 4 is 0 Å². The van der Waals surface area contributed by atoms with E-state index in [1.807, 2.05) is 12.4 Å². The number of pyridine rings is 1. The highest BCUT2D eigenvalue weighted by atomic mass is 15.2. The molecule has 3 heteroatoms. The molecule has 104 valence electrons. The first kappa shape index (κ1) is 13.3. The number of aromatic nitrogens is 1. The summed E-state index contributed by atoms with van der Waals surface area (Å²) in [4.78, 5) is 4.22. The first-order chi connectivity index (χ1) is 9.85. The third-order valence-electron chi connectivity index (χ3n) is 4.33. The van der Waals surface area contributed by atoms with Gasteiger partial charge in [0, 0.05) is 18.4 Å². The van der Waals surface area contributed by atoms with Gasteiger partial charge >= 0.3 is 0 Å². The second-order valence-corrected chi connectivity index (χ2v) is 5.49. The van der Waals surface area contributed by atoms with Crippen molar-refractivity contribution in [3.05, 3.63) is 65.5 Å². The monoisotopic (exact) mass is 267 g/mol. The Hall–Kier alpha value is -1.71. The average Bonchev–Trinajstić information content (AvgIpc) is 3.30. The van der Waals surface area contributed by atoms with Gasteiger partial charge < -0.3 is 0 Å². The van der Waals surface area contributed by atoms with E-state index in [1.165, 1.54) is 23.1 Å². The van der Waals surface area contributed by atoms with Crippen LogP contribution in [-0.2, 0) is 6.42 Å². The summed E-state index contributed by atoms with van der Waals surface area (Å²) in [6.45, 7) is 2.16. The van der Waals surface area contributed by atoms with E-state index in [9.17, 15) is 0 Å². The molecule has 1 heterocycles. The van der Waals surface area contributed by atoms with Crippen molar-refractivity contribution < 1.29 is 0 Å². The summed E-state index contributed by atoms with van der Waals surface area (Å²) in [5.74, 6) is 7.04. The molecular formula is C17H21N3. The highest BCUT2D eigenvalue weighted by Gasteiger charge is 2.44. The number of nitrogens with two attached hydrogens (primary N) is 1. The van der Waals surface area contributed by atoms with Gasteiger partial charge in [0.1, 0.15) is 0 Å². The van der Waals surface area contributed by atoms with Crippen LogP contribution in [0.3, 0.4) is 0 Å². The van der Waals surface area contributed by atoms with Gasteiger partial charge in [-0.25, -0.2) is 0 Å². The summed E-state index contributed by atoms with van der Waals surface area (Å²) in [6.07, 6.45) is 6.01. The predicted octanol–water partition coefficient (Wildman–Crippen LogP) is 2.95. The Kier molecular flexibility index (Phi) is 3.81. The number of aryl methyl sites for hydroxylation is 1. The maximum Gasteiger partial charge on any atom is 0.0498 e. The maximum absolute atomic E-state index is 5.84. The highest BCUT2D eigenvalue weighted by Crippen LogP contribution is 2.54. The molecule has 3 N–H and O–H groups in total. The quantitative estimate of drug-likeness (QED) is 0.647. The van der Waals surface area contributed by atoms with E-state index in [0.29, 0.717) is 11.8 Å². The van der Waals surface area contributed by atoms with Crippen molar-refractivity contribution in [2.45, 2.75) is 31.7 Å². The van der Waals surface area contributed by atoms with Crippen LogP contribution in [0.2, 0.25) is 0 Å². The summed E-state index contributed by atoms with van der Waals surface area (Å²) < 4.78 is 0. The average molecular weight is 267 g/mol. The summed E-state index contributed by atoms with van der Waals surface area (Å²) in [6, 6.07) is 13.0. The molecule has 20 heavy (non-hydrogen) atoms. The van der Waals surface area contributed by atoms with Crippen LogP contribution in [-0.4, -0.2) is 4.98 Å². The van der Waals surface area contributed by atoms with E-state index in [-0.39, 0.29) is 6.04 Å². The van der Waals surface area contributed by atoms with Crippen LogP contribution in [0.1, 0.15) is 42.0 Å². The van der Waals surface area contributed by atoms with Gasteiger partial charge in [-0.15, -0.1) is 0 Å². The second kappa shape index (κ2) is 5.73. The molecule has 0 aliphatic heterocycles. The van der Waals surface area contributed by atoms with E-state index in [2.05, 4.69) is 53.7 Å². The van der Waals surface area contributed by atoms with Crippen molar-refractivity contribution in [1.29, 1.82) is 0 Å². The number of nitrogens with zero attached hydrogens (tertiary/aromatic N) is 1. The lowest BCUT2D eigenvalue weighted by Crippen LogP contribution is -2.30. The van der Waals surface area contributed by atoms with Gasteiger partial charge in [-0.3, -0.25) is 16.3 Å². The Morgan fingerprint density at radius 1 is 1.30 bits per heavy atom. The van der Waals surface area contributed by atoms with Crippen LogP contribution in [0, 0.1) is 5.92 Å². The normalized spacial score (nSPS) is 22.5. The molecular weight excluding hydrogens is 246 g/mol. The van der Waals surface area contributed by atoms with Gasteiger partial charge in [-0.05, 0) is 47.4 Å². The molecule has 1 fully saturated rings. The van der Waals surface area contributed by atoms with Crippen molar-refractivity contribution in [2.75, 3.05) is 0 Å². The Morgan fingerprint density at radius 2 is 2.10 bits per heavy atom. The molecule has 1 aromatic heterocycles. The molecule has 0 radical (unpaired) electrons. The second-order valence-electron chi connectivity index (χ2n) is 5.49. The fourth-order valence-electron chi connectivity index (χ4n) is 3.15. The van der Waals surface area contributed by atoms with Gasteiger partial charge in [-0.1, -0.05) is 37.3 Å². The summed E-state index contributed by atoms with van der Waals surface area (Å²) in [5.41, 5.74) is 7.03. The molecule has 3 nitrogen and oxygen atoms in total. The van der Waals surface area contributed by atoms with E-state index >= 15 is 0 Å². The minimum Gasteiger partial charge on any atom is -0.271 e. The largest absolute Gasteiger partial charge is 0.271 e. The van der Waals surface area contributed by atoms with Crippen LogP contribution in [0.15, 0.2) is 48.8 Å². The standard InChI is InChI=1S/C17H21N3/c1-2-12-11-19-9-8-14(12)17(20-18)16-10-15(16)13-6-4-3-5-7-13/h3-9,11,15-17,20H,2,10,18H2,1H3. The topological polar surface area (TPSA) is 50.9 Å². The summed E-state index contributed by atoms with van der Waals surface area (Å²) in [5, 5.41) is 0. The van der Waals surface area contributed by atoms with Crippen LogP contribution in [0.5, 0.6) is 0 Å². The number of rotatable bonds is 5. The molecule has 3 rings (SSSR count). The summed E-state index contributed by atoms with van der Waals surface area (Å²) >= 11 is 0. The number of nitrogens with one attached hydrogen (secondary N) is 1. The van der Waals surface area contributed by atoms with E-state index in [0.717, 1.165) is 6.42 Å². The van der Waals surface area contributed by atoms with Crippen molar-refractivity contribution in [2.24, 2.45) is 11.8 Å². The Labute approximate surface area is 120 Å². The number of benzene rings is 1. The Balaban J connectivity index is 1.82. The van der Waals surface area contributed by atoms with Gasteiger partial charge in [0.15, 0.2) is 0 Å². The fraction of sp³-hybridized carbons (Fsp3) is 0.353. The van der Waals surface area contributed by atoms with Gasteiger partial charge in [-0.2, -0.15) is 0 Å². The van der Waals surface area contributed by atoms with Crippen molar-refractivity contribution in [3.63, 3.8) is 0 Å². The van der Waals surface area contributed by atoms with E-state index in [4.69, 9.17) is 5.84 Å². The first-order valence-corrected chi connectivity index (χ1v) is 7.29. The smallest absolute Gasteiger partial charge is 0.0498 e. The lowest BCUT2D eigenvalue weighted by molar-refractivity contribution is 0.483. The van der Waals surface area contributed by atoms with E-state index in [1.54, 1.807) is 0 Å². The molecule has 0 bridgehead atoms. The van der Waals surface area contributed by atoms with Crippen LogP contribution >= 0.6 is 0 Å². The van der Waals surface area contributed by atoms with Crippen molar-refractivity contribution in [3.8, 4) is 0 Å². The maximum atomic E-state index is 5.84. The zero-order valence-electron chi connectivity index (χ0n) is 11.8. The molecule has 1 aliphatic carbocycles. The molecule has 0 amide bonds. The van der Waals surface area contributed by atoms with Gasteiger partial charge in [0.05, 0.1) is 0 Å². The molecule has 3 atom stereocenters. The van der Waals surface area contributed by atoms with Crippen LogP contribution in [0.4, 0.5) is 0 Å². The van der Waals surface area contributed by atoms with Crippen molar-refractivity contribution in [1.82, 2.24) is 10.4 Å². The SMILES string of the molecule is CCc1cnccc1C(NN)C1CC1c1ccccc1. The summed E-state index contributed by atoms with van der Waals surface area (Å²) in [7, 11) is 0. The lowest BCUT2D eigenvalue weighted by atomic mass is 9.95. The number of hydrogen-bond acceptors (Lipinski definition) is 3. The third kappa shape index (κ3) is 2.47. The van der Waals surface area contributed by atoms with Crippen LogP contribution < -0.4 is 11.3 Å². The molecule has 0 spiro atoms. The third-order valence-corrected chi connectivity index (χ3v) is 4.33. The molecule has 2 aromatic rings. The molecule has 1 aliphatic rings. The zero-order valence-corrected chi connectivity index (χ0v) is 11.8. The Morgan fingerprint density at radius 3 is 2.80 bits per heavy atom. The van der Waals surface area contributed by atoms with E-state index < -0.39 is 0 Å². The highest BCUT2D eigenvalue weighted by molar-refractivity contribution is 5.33. The van der Waals surface area contributed by atoms with Crippen LogP contribution in [0.25, 0.3) is 0 Å². The minimum absolute atomic E-state index is 0.221. The Bertz CT molecular complexity index is 567. The molecule has 0 saturated heterocycles. The predicted molar refractivity (Wildman–Crippen MR) is 81.0 cm³/mol. The zero-order chi connectivity index (χ0) is 13.9. The molecule has 1 aromatic carbocycles. The lowest BCUT2D eigenvalue weighted by Gasteiger charge is -2.19. The fourth-order valence-corrected chi connectivity index (χ4v) is 3.15. The number of hydrazine groups is 1. The van der Waals surface area contributed by atoms with Gasteiger partial charge in [0.25, 0.3) is 0 Å². The van der Waals surface area contributed by atoms with Gasteiger partial charge in [0.2, 0.25) is 0 Å². The molecule has 1 saturated carbocycles. The number of hydrogen-bond donors (Lipinski definition) is 2.